The summed E-state index contributed by atoms with van der Waals surface area (Å²) in [5.41, 5.74) is 3.72. The van der Waals surface area contributed by atoms with Gasteiger partial charge >= 0.3 is 0 Å². The molecule has 0 aliphatic carbocycles. The average Bonchev–Trinajstić information content (AvgIpc) is 3.05. The van der Waals surface area contributed by atoms with E-state index in [2.05, 4.69) is 27.3 Å². The molecular formula is C14H9N3O. The van der Waals surface area contributed by atoms with Crippen molar-refractivity contribution in [2.75, 3.05) is 0 Å². The summed E-state index contributed by atoms with van der Waals surface area (Å²) >= 11 is 0. The molecule has 1 aromatic carbocycles. The Morgan fingerprint density at radius 3 is 2.78 bits per heavy atom. The Balaban J connectivity index is 2.07. The minimum absolute atomic E-state index is 0.752. The Kier molecular flexibility index (Phi) is 1.80. The van der Waals surface area contributed by atoms with Crippen molar-refractivity contribution in [1.82, 2.24) is 15.1 Å². The Bertz CT molecular complexity index is 831. The van der Waals surface area contributed by atoms with Gasteiger partial charge in [-0.3, -0.25) is 4.98 Å². The van der Waals surface area contributed by atoms with Gasteiger partial charge in [0.1, 0.15) is 12.0 Å². The van der Waals surface area contributed by atoms with Crippen LogP contribution in [0.4, 0.5) is 0 Å². The fourth-order valence-electron chi connectivity index (χ4n) is 2.23. The van der Waals surface area contributed by atoms with E-state index in [1.807, 2.05) is 30.5 Å². The number of hydrogen-bond acceptors (Lipinski definition) is 3. The Morgan fingerprint density at radius 2 is 1.89 bits per heavy atom. The largest absolute Gasteiger partial charge is 0.364 e. The molecule has 0 atom stereocenters. The van der Waals surface area contributed by atoms with Crippen LogP contribution in [0.15, 0.2) is 53.4 Å². The molecule has 0 spiro atoms. The second-order valence-corrected chi connectivity index (χ2v) is 4.17. The molecule has 0 aliphatic heterocycles. The van der Waals surface area contributed by atoms with Crippen molar-refractivity contribution < 1.29 is 4.52 Å². The third-order valence-electron chi connectivity index (χ3n) is 3.09. The normalized spacial score (nSPS) is 11.3. The number of rotatable bonds is 1. The van der Waals surface area contributed by atoms with Gasteiger partial charge < -0.3 is 9.51 Å². The summed E-state index contributed by atoms with van der Waals surface area (Å²) in [7, 11) is 0. The highest BCUT2D eigenvalue weighted by molar-refractivity contribution is 6.07. The molecule has 3 aromatic heterocycles. The van der Waals surface area contributed by atoms with Gasteiger partial charge in [0, 0.05) is 22.4 Å². The zero-order chi connectivity index (χ0) is 11.9. The monoisotopic (exact) mass is 235 g/mol. The third kappa shape index (κ3) is 1.26. The van der Waals surface area contributed by atoms with Crippen molar-refractivity contribution in [3.63, 3.8) is 0 Å². The molecule has 0 bridgehead atoms. The molecule has 3 heterocycles. The summed E-state index contributed by atoms with van der Waals surface area (Å²) in [6.07, 6.45) is 3.38. The SMILES string of the molecule is c1ccc2c(c1)[nH]c1cnc(-c3ccon3)cc12. The average molecular weight is 235 g/mol. The molecule has 1 N–H and O–H groups in total. The number of para-hydroxylation sites is 1. The summed E-state index contributed by atoms with van der Waals surface area (Å²) in [4.78, 5) is 7.73. The van der Waals surface area contributed by atoms with Gasteiger partial charge in [-0.05, 0) is 12.1 Å². The van der Waals surface area contributed by atoms with Crippen molar-refractivity contribution in [1.29, 1.82) is 0 Å². The van der Waals surface area contributed by atoms with Gasteiger partial charge in [-0.1, -0.05) is 23.4 Å². The summed E-state index contributed by atoms with van der Waals surface area (Å²) in [6.45, 7) is 0. The van der Waals surface area contributed by atoms with E-state index >= 15 is 0 Å². The Morgan fingerprint density at radius 1 is 0.944 bits per heavy atom. The summed E-state index contributed by atoms with van der Waals surface area (Å²) in [5.74, 6) is 0. The molecular weight excluding hydrogens is 226 g/mol. The molecule has 4 rings (SSSR count). The molecule has 0 unspecified atom stereocenters. The zero-order valence-corrected chi connectivity index (χ0v) is 9.42. The number of benzene rings is 1. The second kappa shape index (κ2) is 3.43. The van der Waals surface area contributed by atoms with Gasteiger partial charge in [0.2, 0.25) is 0 Å². The van der Waals surface area contributed by atoms with Crippen LogP contribution in [0.3, 0.4) is 0 Å². The van der Waals surface area contributed by atoms with Crippen molar-refractivity contribution >= 4 is 21.8 Å². The van der Waals surface area contributed by atoms with Crippen LogP contribution >= 0.6 is 0 Å². The predicted octanol–water partition coefficient (Wildman–Crippen LogP) is 3.37. The molecule has 4 heteroatoms. The van der Waals surface area contributed by atoms with E-state index in [9.17, 15) is 0 Å². The minimum Gasteiger partial charge on any atom is -0.364 e. The first-order valence-electron chi connectivity index (χ1n) is 5.69. The first kappa shape index (κ1) is 9.41. The number of aromatic nitrogens is 3. The number of nitrogens with zero attached hydrogens (tertiary/aromatic N) is 2. The maximum absolute atomic E-state index is 4.85. The second-order valence-electron chi connectivity index (χ2n) is 4.17. The van der Waals surface area contributed by atoms with Crippen LogP contribution in [-0.2, 0) is 0 Å². The Hall–Kier alpha value is -2.62. The first-order chi connectivity index (χ1) is 8.92. The van der Waals surface area contributed by atoms with Crippen molar-refractivity contribution in [3.05, 3.63) is 48.9 Å². The van der Waals surface area contributed by atoms with Crippen LogP contribution in [-0.4, -0.2) is 15.1 Å². The maximum atomic E-state index is 4.85. The lowest BCUT2D eigenvalue weighted by Gasteiger charge is -1.95. The number of fused-ring (bicyclic) bond motifs is 3. The van der Waals surface area contributed by atoms with E-state index in [0.717, 1.165) is 27.8 Å². The standard InChI is InChI=1S/C14H9N3O/c1-2-4-11-9(3-1)10-7-13(12-5-6-18-17-12)15-8-14(10)16-11/h1-8,16H. The lowest BCUT2D eigenvalue weighted by Crippen LogP contribution is -1.82. The zero-order valence-electron chi connectivity index (χ0n) is 9.42. The highest BCUT2D eigenvalue weighted by Crippen LogP contribution is 2.27. The van der Waals surface area contributed by atoms with Crippen LogP contribution in [0.1, 0.15) is 0 Å². The van der Waals surface area contributed by atoms with Crippen LogP contribution in [0.25, 0.3) is 33.2 Å². The molecule has 0 aliphatic rings. The van der Waals surface area contributed by atoms with E-state index in [1.54, 1.807) is 6.26 Å². The van der Waals surface area contributed by atoms with E-state index in [4.69, 9.17) is 4.52 Å². The number of aromatic amines is 1. The summed E-state index contributed by atoms with van der Waals surface area (Å²) in [5, 5.41) is 6.26. The van der Waals surface area contributed by atoms with E-state index in [0.29, 0.717) is 0 Å². The van der Waals surface area contributed by atoms with Gasteiger partial charge in [0.15, 0.2) is 0 Å². The fraction of sp³-hybridized carbons (Fsp3) is 0. The molecule has 18 heavy (non-hydrogen) atoms. The van der Waals surface area contributed by atoms with E-state index in [-0.39, 0.29) is 0 Å². The highest BCUT2D eigenvalue weighted by atomic mass is 16.5. The summed E-state index contributed by atoms with van der Waals surface area (Å²) in [6, 6.07) is 12.1. The predicted molar refractivity (Wildman–Crippen MR) is 69.1 cm³/mol. The van der Waals surface area contributed by atoms with Crippen molar-refractivity contribution in [3.8, 4) is 11.4 Å². The maximum Gasteiger partial charge on any atom is 0.132 e. The fourth-order valence-corrected chi connectivity index (χ4v) is 2.23. The van der Waals surface area contributed by atoms with Crippen LogP contribution in [0.5, 0.6) is 0 Å². The molecule has 0 saturated carbocycles. The number of nitrogens with one attached hydrogen (secondary N) is 1. The molecule has 86 valence electrons. The van der Waals surface area contributed by atoms with Gasteiger partial charge in [-0.15, -0.1) is 0 Å². The molecule has 4 nitrogen and oxygen atoms in total. The topological polar surface area (TPSA) is 54.7 Å². The molecule has 0 fully saturated rings. The van der Waals surface area contributed by atoms with Crippen LogP contribution < -0.4 is 0 Å². The van der Waals surface area contributed by atoms with Gasteiger partial charge in [0.25, 0.3) is 0 Å². The number of hydrogen-bond donors (Lipinski definition) is 1. The number of pyridine rings is 1. The number of H-pyrrole nitrogens is 1. The van der Waals surface area contributed by atoms with Crippen molar-refractivity contribution in [2.45, 2.75) is 0 Å². The van der Waals surface area contributed by atoms with Gasteiger partial charge in [-0.25, -0.2) is 0 Å². The minimum atomic E-state index is 0.752. The lowest BCUT2D eigenvalue weighted by molar-refractivity contribution is 0.422. The van der Waals surface area contributed by atoms with E-state index < -0.39 is 0 Å². The van der Waals surface area contributed by atoms with Crippen molar-refractivity contribution in [2.24, 2.45) is 0 Å². The third-order valence-corrected chi connectivity index (χ3v) is 3.09. The molecule has 4 aromatic rings. The lowest BCUT2D eigenvalue weighted by atomic mass is 10.1. The first-order valence-corrected chi connectivity index (χ1v) is 5.69. The molecule has 0 radical (unpaired) electrons. The summed E-state index contributed by atoms with van der Waals surface area (Å²) < 4.78 is 4.85. The Labute approximate surface area is 102 Å². The van der Waals surface area contributed by atoms with Gasteiger partial charge in [0.05, 0.1) is 17.4 Å². The van der Waals surface area contributed by atoms with E-state index in [1.165, 1.54) is 5.39 Å². The van der Waals surface area contributed by atoms with Gasteiger partial charge in [-0.2, -0.15) is 0 Å². The molecule has 0 saturated heterocycles. The quantitative estimate of drug-likeness (QED) is 0.550. The van der Waals surface area contributed by atoms with Crippen LogP contribution in [0.2, 0.25) is 0 Å². The molecule has 0 amide bonds. The highest BCUT2D eigenvalue weighted by Gasteiger charge is 2.08. The van der Waals surface area contributed by atoms with Crippen LogP contribution in [0, 0.1) is 0 Å². The smallest absolute Gasteiger partial charge is 0.132 e.